The number of carbonyl (C=O) groups is 2. The Morgan fingerprint density at radius 1 is 1.29 bits per heavy atom. The van der Waals surface area contributed by atoms with Crippen LogP contribution < -0.4 is 5.32 Å². The fraction of sp³-hybridized carbons (Fsp3) is 0.286. The highest BCUT2D eigenvalue weighted by atomic mass is 16.4. The summed E-state index contributed by atoms with van der Waals surface area (Å²) in [6, 6.07) is 6.60. The maximum Gasteiger partial charge on any atom is 0.307 e. The zero-order valence-electron chi connectivity index (χ0n) is 11.8. The third kappa shape index (κ3) is 3.88. The lowest BCUT2D eigenvalue weighted by molar-refractivity contribution is -0.136. The minimum absolute atomic E-state index is 0.0487. The van der Waals surface area contributed by atoms with Gasteiger partial charge >= 0.3 is 5.97 Å². The Bertz CT molecular complexity index is 646. The van der Waals surface area contributed by atoms with Crippen molar-refractivity contribution in [3.63, 3.8) is 0 Å². The Morgan fingerprint density at radius 2 is 1.95 bits per heavy atom. The van der Waals surface area contributed by atoms with Crippen molar-refractivity contribution < 1.29 is 14.7 Å². The van der Waals surface area contributed by atoms with E-state index in [1.165, 1.54) is 0 Å². The van der Waals surface area contributed by atoms with E-state index < -0.39 is 11.9 Å². The summed E-state index contributed by atoms with van der Waals surface area (Å²) in [5.41, 5.74) is 1.23. The SMILES string of the molecule is CC(C)c1nc(C(=O)Nc2ccc(CC(=O)O)cc2)n[nH]1. The minimum atomic E-state index is -0.895. The maximum absolute atomic E-state index is 12.0. The van der Waals surface area contributed by atoms with Gasteiger partial charge in [-0.05, 0) is 17.7 Å². The molecule has 0 aliphatic rings. The maximum atomic E-state index is 12.0. The fourth-order valence-corrected chi connectivity index (χ4v) is 1.70. The van der Waals surface area contributed by atoms with Crippen molar-refractivity contribution in [2.24, 2.45) is 0 Å². The summed E-state index contributed by atoms with van der Waals surface area (Å²) in [6.07, 6.45) is -0.0487. The van der Waals surface area contributed by atoms with Crippen LogP contribution in [0.15, 0.2) is 24.3 Å². The van der Waals surface area contributed by atoms with Crippen LogP contribution in [-0.4, -0.2) is 32.2 Å². The summed E-state index contributed by atoms with van der Waals surface area (Å²) in [7, 11) is 0. The van der Waals surface area contributed by atoms with Crippen LogP contribution >= 0.6 is 0 Å². The van der Waals surface area contributed by atoms with Crippen molar-refractivity contribution in [2.45, 2.75) is 26.2 Å². The number of rotatable bonds is 5. The number of hydrogen-bond donors (Lipinski definition) is 3. The summed E-state index contributed by atoms with van der Waals surface area (Å²) < 4.78 is 0. The number of aromatic nitrogens is 3. The van der Waals surface area contributed by atoms with Crippen LogP contribution in [-0.2, 0) is 11.2 Å². The van der Waals surface area contributed by atoms with Crippen molar-refractivity contribution in [2.75, 3.05) is 5.32 Å². The van der Waals surface area contributed by atoms with E-state index in [1.54, 1.807) is 24.3 Å². The molecule has 3 N–H and O–H groups in total. The summed E-state index contributed by atoms with van der Waals surface area (Å²) in [6.45, 7) is 3.90. The number of anilines is 1. The van der Waals surface area contributed by atoms with Crippen LogP contribution in [0, 0.1) is 0 Å². The first-order valence-corrected chi connectivity index (χ1v) is 6.50. The molecule has 0 unspecified atom stereocenters. The second-order valence-corrected chi connectivity index (χ2v) is 4.92. The molecule has 0 saturated carbocycles. The molecule has 2 rings (SSSR count). The number of hydrogen-bond acceptors (Lipinski definition) is 4. The molecule has 0 fully saturated rings. The van der Waals surface area contributed by atoms with E-state index in [-0.39, 0.29) is 18.2 Å². The highest BCUT2D eigenvalue weighted by Gasteiger charge is 2.14. The number of aromatic amines is 1. The molecule has 0 aliphatic heterocycles. The van der Waals surface area contributed by atoms with E-state index in [0.29, 0.717) is 17.1 Å². The third-order valence-corrected chi connectivity index (χ3v) is 2.82. The van der Waals surface area contributed by atoms with Crippen molar-refractivity contribution >= 4 is 17.6 Å². The van der Waals surface area contributed by atoms with Gasteiger partial charge in [0, 0.05) is 11.6 Å². The van der Waals surface area contributed by atoms with Crippen LogP contribution in [0.5, 0.6) is 0 Å². The normalized spacial score (nSPS) is 10.6. The molecule has 110 valence electrons. The third-order valence-electron chi connectivity index (χ3n) is 2.82. The standard InChI is InChI=1S/C14H16N4O3/c1-8(2)12-16-13(18-17-12)14(21)15-10-5-3-9(4-6-10)7-11(19)20/h3-6,8H,7H2,1-2H3,(H,15,21)(H,19,20)(H,16,17,18). The Kier molecular flexibility index (Phi) is 4.32. The molecule has 1 heterocycles. The zero-order valence-corrected chi connectivity index (χ0v) is 11.8. The molecule has 0 bridgehead atoms. The van der Waals surface area contributed by atoms with Crippen LogP contribution in [0.2, 0.25) is 0 Å². The van der Waals surface area contributed by atoms with E-state index in [0.717, 1.165) is 0 Å². The van der Waals surface area contributed by atoms with Crippen molar-refractivity contribution in [3.05, 3.63) is 41.5 Å². The second-order valence-electron chi connectivity index (χ2n) is 4.92. The summed E-state index contributed by atoms with van der Waals surface area (Å²) in [5, 5.41) is 17.9. The second kappa shape index (κ2) is 6.17. The van der Waals surface area contributed by atoms with Gasteiger partial charge in [-0.3, -0.25) is 14.7 Å². The van der Waals surface area contributed by atoms with E-state index in [9.17, 15) is 9.59 Å². The topological polar surface area (TPSA) is 108 Å². The van der Waals surface area contributed by atoms with Gasteiger partial charge in [-0.15, -0.1) is 5.10 Å². The van der Waals surface area contributed by atoms with Crippen molar-refractivity contribution in [1.29, 1.82) is 0 Å². The van der Waals surface area contributed by atoms with Gasteiger partial charge in [-0.2, -0.15) is 0 Å². The van der Waals surface area contributed by atoms with Gasteiger partial charge in [0.15, 0.2) is 0 Å². The number of amides is 1. The van der Waals surface area contributed by atoms with Crippen LogP contribution in [0.25, 0.3) is 0 Å². The van der Waals surface area contributed by atoms with Crippen LogP contribution in [0.4, 0.5) is 5.69 Å². The molecule has 0 spiro atoms. The Labute approximate surface area is 121 Å². The molecular formula is C14H16N4O3. The molecule has 21 heavy (non-hydrogen) atoms. The smallest absolute Gasteiger partial charge is 0.307 e. The molecule has 2 aromatic rings. The predicted octanol–water partition coefficient (Wildman–Crippen LogP) is 1.81. The first kappa shape index (κ1) is 14.7. The summed E-state index contributed by atoms with van der Waals surface area (Å²) >= 11 is 0. The summed E-state index contributed by atoms with van der Waals surface area (Å²) in [5.74, 6) is -0.419. The number of nitrogens with zero attached hydrogens (tertiary/aromatic N) is 2. The van der Waals surface area contributed by atoms with Gasteiger partial charge in [0.25, 0.3) is 5.91 Å². The van der Waals surface area contributed by atoms with Gasteiger partial charge in [0.05, 0.1) is 6.42 Å². The highest BCUT2D eigenvalue weighted by molar-refractivity contribution is 6.01. The summed E-state index contributed by atoms with van der Waals surface area (Å²) in [4.78, 5) is 26.7. The molecule has 0 radical (unpaired) electrons. The number of carboxylic acid groups (broad SMARTS) is 1. The van der Waals surface area contributed by atoms with E-state index in [2.05, 4.69) is 20.5 Å². The van der Waals surface area contributed by atoms with Gasteiger partial charge in [-0.1, -0.05) is 26.0 Å². The number of carboxylic acids is 1. The molecule has 1 amide bonds. The van der Waals surface area contributed by atoms with Gasteiger partial charge in [0.2, 0.25) is 5.82 Å². The molecule has 0 atom stereocenters. The van der Waals surface area contributed by atoms with E-state index in [1.807, 2.05) is 13.8 Å². The molecule has 0 saturated heterocycles. The first-order valence-electron chi connectivity index (χ1n) is 6.50. The van der Waals surface area contributed by atoms with Gasteiger partial charge in [0.1, 0.15) is 5.82 Å². The van der Waals surface area contributed by atoms with Gasteiger partial charge in [-0.25, -0.2) is 4.98 Å². The van der Waals surface area contributed by atoms with E-state index in [4.69, 9.17) is 5.11 Å². The predicted molar refractivity (Wildman–Crippen MR) is 76.2 cm³/mol. The number of nitrogens with one attached hydrogen (secondary N) is 2. The lowest BCUT2D eigenvalue weighted by Crippen LogP contribution is -2.14. The molecule has 7 heteroatoms. The lowest BCUT2D eigenvalue weighted by Gasteiger charge is -2.03. The lowest BCUT2D eigenvalue weighted by atomic mass is 10.1. The van der Waals surface area contributed by atoms with Crippen LogP contribution in [0.1, 0.15) is 41.8 Å². The van der Waals surface area contributed by atoms with Crippen molar-refractivity contribution in [1.82, 2.24) is 15.2 Å². The molecule has 7 nitrogen and oxygen atoms in total. The largest absolute Gasteiger partial charge is 0.481 e. The quantitative estimate of drug-likeness (QED) is 0.777. The molecule has 1 aromatic carbocycles. The Hall–Kier alpha value is -2.70. The number of carbonyl (C=O) groups excluding carboxylic acids is 1. The van der Waals surface area contributed by atoms with E-state index >= 15 is 0 Å². The average molecular weight is 288 g/mol. The first-order chi connectivity index (χ1) is 9.95. The highest BCUT2D eigenvalue weighted by Crippen LogP contribution is 2.12. The number of aliphatic carboxylic acids is 1. The van der Waals surface area contributed by atoms with Gasteiger partial charge < -0.3 is 10.4 Å². The van der Waals surface area contributed by atoms with Crippen molar-refractivity contribution in [3.8, 4) is 0 Å². The van der Waals surface area contributed by atoms with Crippen LogP contribution in [0.3, 0.4) is 0 Å². The Morgan fingerprint density at radius 3 is 2.48 bits per heavy atom. The minimum Gasteiger partial charge on any atom is -0.481 e. The molecular weight excluding hydrogens is 272 g/mol. The fourth-order valence-electron chi connectivity index (χ4n) is 1.70. The molecule has 1 aromatic heterocycles. The average Bonchev–Trinajstić information content (AvgIpc) is 2.90. The monoisotopic (exact) mass is 288 g/mol. The number of benzene rings is 1. The Balaban J connectivity index is 2.03. The molecule has 0 aliphatic carbocycles. The number of H-pyrrole nitrogens is 1. The zero-order chi connectivity index (χ0) is 15.4.